The van der Waals surface area contributed by atoms with Crippen LogP contribution in [0.5, 0.6) is 5.75 Å². The monoisotopic (exact) mass is 364 g/mol. The summed E-state index contributed by atoms with van der Waals surface area (Å²) in [6.45, 7) is 3.95. The van der Waals surface area contributed by atoms with Gasteiger partial charge in [-0.25, -0.2) is 0 Å². The van der Waals surface area contributed by atoms with Gasteiger partial charge >= 0.3 is 0 Å². The Kier molecular flexibility index (Phi) is 6.04. The fourth-order valence-electron chi connectivity index (χ4n) is 3.12. The molecule has 27 heavy (non-hydrogen) atoms. The zero-order valence-corrected chi connectivity index (χ0v) is 15.4. The number of Topliss-reactive ketones (excluding diaryl/α,β-unsaturated/α-hetero) is 1. The highest BCUT2D eigenvalue weighted by atomic mass is 16.3. The highest BCUT2D eigenvalue weighted by Gasteiger charge is 2.14. The van der Waals surface area contributed by atoms with Gasteiger partial charge in [0.25, 0.3) is 0 Å². The molecule has 0 radical (unpaired) electrons. The topological polar surface area (TPSA) is 69.6 Å². The van der Waals surface area contributed by atoms with Crippen molar-refractivity contribution in [1.29, 1.82) is 0 Å². The van der Waals surface area contributed by atoms with Crippen molar-refractivity contribution in [3.05, 3.63) is 65.7 Å². The van der Waals surface area contributed by atoms with Crippen molar-refractivity contribution in [2.75, 3.05) is 25.0 Å². The Morgan fingerprint density at radius 1 is 1.07 bits per heavy atom. The van der Waals surface area contributed by atoms with E-state index in [1.54, 1.807) is 36.4 Å². The molecule has 1 aliphatic heterocycles. The first-order chi connectivity index (χ1) is 13.0. The van der Waals surface area contributed by atoms with Gasteiger partial charge in [-0.15, -0.1) is 0 Å². The smallest absolute Gasteiger partial charge is 0.225 e. The Hall–Kier alpha value is -2.92. The van der Waals surface area contributed by atoms with E-state index in [0.29, 0.717) is 24.2 Å². The Bertz CT molecular complexity index is 839. The molecule has 1 amide bonds. The molecule has 3 rings (SSSR count). The van der Waals surface area contributed by atoms with Gasteiger partial charge < -0.3 is 10.4 Å². The number of nitrogens with zero attached hydrogens (tertiary/aromatic N) is 1. The molecular weight excluding hydrogens is 340 g/mol. The minimum atomic E-state index is -0.0288. The summed E-state index contributed by atoms with van der Waals surface area (Å²) in [6, 6.07) is 14.2. The molecule has 0 fully saturated rings. The largest absolute Gasteiger partial charge is 0.508 e. The molecule has 5 nitrogen and oxygen atoms in total. The minimum Gasteiger partial charge on any atom is -0.508 e. The average molecular weight is 364 g/mol. The maximum atomic E-state index is 12.1. The lowest BCUT2D eigenvalue weighted by atomic mass is 9.99. The summed E-state index contributed by atoms with van der Waals surface area (Å²) in [7, 11) is 0. The summed E-state index contributed by atoms with van der Waals surface area (Å²) in [5.74, 6) is 0.260. The van der Waals surface area contributed by atoms with Crippen molar-refractivity contribution >= 4 is 23.0 Å². The highest BCUT2D eigenvalue weighted by Crippen LogP contribution is 2.24. The first-order valence-corrected chi connectivity index (χ1v) is 9.13. The normalized spacial score (nSPS) is 14.5. The number of carbonyl (C=O) groups is 2. The summed E-state index contributed by atoms with van der Waals surface area (Å²) in [6.07, 6.45) is 3.55. The number of amides is 1. The number of ketones is 1. The number of hydrogen-bond acceptors (Lipinski definition) is 4. The van der Waals surface area contributed by atoms with Crippen LogP contribution in [0.15, 0.2) is 54.6 Å². The summed E-state index contributed by atoms with van der Waals surface area (Å²) >= 11 is 0. The van der Waals surface area contributed by atoms with E-state index < -0.39 is 0 Å². The van der Waals surface area contributed by atoms with Crippen molar-refractivity contribution < 1.29 is 14.7 Å². The highest BCUT2D eigenvalue weighted by molar-refractivity contribution is 5.95. The van der Waals surface area contributed by atoms with Crippen molar-refractivity contribution in [3.8, 4) is 5.75 Å². The van der Waals surface area contributed by atoms with Crippen LogP contribution >= 0.6 is 0 Å². The number of phenolic OH excluding ortho intramolecular Hbond substituents is 1. The SMILES string of the molecule is CC(=O)c1ccc(NC(=O)CCN2CC=C(c3ccc(O)cc3)CC2)cc1. The van der Waals surface area contributed by atoms with Crippen LogP contribution in [0.3, 0.4) is 0 Å². The van der Waals surface area contributed by atoms with Gasteiger partial charge in [-0.05, 0) is 60.9 Å². The maximum Gasteiger partial charge on any atom is 0.225 e. The van der Waals surface area contributed by atoms with Crippen LogP contribution in [-0.2, 0) is 4.79 Å². The standard InChI is InChI=1S/C22H24N2O3/c1-16(25)17-2-6-20(7-3-17)23-22(27)12-15-24-13-10-19(11-14-24)18-4-8-21(26)9-5-18/h2-10,26H,11-15H2,1H3,(H,23,27). The predicted molar refractivity (Wildman–Crippen MR) is 107 cm³/mol. The Labute approximate surface area is 159 Å². The van der Waals surface area contributed by atoms with Crippen LogP contribution in [0, 0.1) is 0 Å². The lowest BCUT2D eigenvalue weighted by molar-refractivity contribution is -0.116. The zero-order valence-electron chi connectivity index (χ0n) is 15.4. The summed E-state index contributed by atoms with van der Waals surface area (Å²) in [5.41, 5.74) is 3.76. The van der Waals surface area contributed by atoms with Crippen molar-refractivity contribution in [1.82, 2.24) is 4.90 Å². The van der Waals surface area contributed by atoms with Gasteiger partial charge in [-0.2, -0.15) is 0 Å². The number of carbonyl (C=O) groups excluding carboxylic acids is 2. The zero-order chi connectivity index (χ0) is 19.2. The van der Waals surface area contributed by atoms with E-state index >= 15 is 0 Å². The Balaban J connectivity index is 1.46. The van der Waals surface area contributed by atoms with E-state index in [0.717, 1.165) is 25.1 Å². The van der Waals surface area contributed by atoms with Crippen LogP contribution in [0.2, 0.25) is 0 Å². The molecule has 2 N–H and O–H groups in total. The Morgan fingerprint density at radius 3 is 2.37 bits per heavy atom. The second kappa shape index (κ2) is 8.64. The first-order valence-electron chi connectivity index (χ1n) is 9.13. The fraction of sp³-hybridized carbons (Fsp3) is 0.273. The van der Waals surface area contributed by atoms with E-state index in [1.165, 1.54) is 12.5 Å². The van der Waals surface area contributed by atoms with E-state index in [4.69, 9.17) is 0 Å². The summed E-state index contributed by atoms with van der Waals surface area (Å²) in [5, 5.41) is 12.3. The molecule has 0 aromatic heterocycles. The molecule has 0 saturated heterocycles. The lowest BCUT2D eigenvalue weighted by Crippen LogP contribution is -2.31. The molecule has 0 bridgehead atoms. The number of benzene rings is 2. The van der Waals surface area contributed by atoms with Crippen LogP contribution < -0.4 is 5.32 Å². The number of aromatic hydroxyl groups is 1. The quantitative estimate of drug-likeness (QED) is 0.767. The molecule has 5 heteroatoms. The van der Waals surface area contributed by atoms with Gasteiger partial charge in [0.1, 0.15) is 5.75 Å². The average Bonchev–Trinajstić information content (AvgIpc) is 2.68. The van der Waals surface area contributed by atoms with Gasteiger partial charge in [-0.3, -0.25) is 14.5 Å². The fourth-order valence-corrected chi connectivity index (χ4v) is 3.12. The van der Waals surface area contributed by atoms with Crippen LogP contribution in [-0.4, -0.2) is 41.3 Å². The second-order valence-corrected chi connectivity index (χ2v) is 6.76. The van der Waals surface area contributed by atoms with Gasteiger partial charge in [0.15, 0.2) is 5.78 Å². The van der Waals surface area contributed by atoms with Crippen molar-refractivity contribution in [2.45, 2.75) is 19.8 Å². The summed E-state index contributed by atoms with van der Waals surface area (Å²) in [4.78, 5) is 25.7. The molecule has 0 unspecified atom stereocenters. The molecular formula is C22H24N2O3. The van der Waals surface area contributed by atoms with Gasteiger partial charge in [0.05, 0.1) is 0 Å². The first kappa shape index (κ1) is 18.9. The molecule has 0 aliphatic carbocycles. The molecule has 0 saturated carbocycles. The van der Waals surface area contributed by atoms with Crippen molar-refractivity contribution in [3.63, 3.8) is 0 Å². The molecule has 1 heterocycles. The number of nitrogens with one attached hydrogen (secondary N) is 1. The third kappa shape index (κ3) is 5.28. The van der Waals surface area contributed by atoms with Crippen LogP contribution in [0.1, 0.15) is 35.7 Å². The number of rotatable bonds is 6. The number of anilines is 1. The molecule has 1 aliphatic rings. The Morgan fingerprint density at radius 2 is 1.78 bits per heavy atom. The summed E-state index contributed by atoms with van der Waals surface area (Å²) < 4.78 is 0. The third-order valence-corrected chi connectivity index (χ3v) is 4.76. The van der Waals surface area contributed by atoms with E-state index in [-0.39, 0.29) is 17.4 Å². The molecule has 140 valence electrons. The van der Waals surface area contributed by atoms with E-state index in [9.17, 15) is 14.7 Å². The second-order valence-electron chi connectivity index (χ2n) is 6.76. The van der Waals surface area contributed by atoms with Crippen molar-refractivity contribution in [2.24, 2.45) is 0 Å². The predicted octanol–water partition coefficient (Wildman–Crippen LogP) is 3.71. The van der Waals surface area contributed by atoms with Gasteiger partial charge in [0.2, 0.25) is 5.91 Å². The molecule has 0 atom stereocenters. The van der Waals surface area contributed by atoms with E-state index in [2.05, 4.69) is 16.3 Å². The lowest BCUT2D eigenvalue weighted by Gasteiger charge is -2.26. The maximum absolute atomic E-state index is 12.1. The molecule has 0 spiro atoms. The number of hydrogen-bond donors (Lipinski definition) is 2. The molecule has 2 aromatic rings. The van der Waals surface area contributed by atoms with E-state index in [1.807, 2.05) is 12.1 Å². The van der Waals surface area contributed by atoms with Gasteiger partial charge in [0, 0.05) is 37.3 Å². The minimum absolute atomic E-state index is 0.0118. The van der Waals surface area contributed by atoms with Crippen LogP contribution in [0.25, 0.3) is 5.57 Å². The molecule has 2 aromatic carbocycles. The third-order valence-electron chi connectivity index (χ3n) is 4.76. The van der Waals surface area contributed by atoms with Crippen LogP contribution in [0.4, 0.5) is 5.69 Å². The van der Waals surface area contributed by atoms with Gasteiger partial charge in [-0.1, -0.05) is 18.2 Å². The number of phenols is 1.